The van der Waals surface area contributed by atoms with E-state index in [1.54, 1.807) is 17.7 Å². The molecule has 0 saturated heterocycles. The molecule has 0 aliphatic heterocycles. The number of carbonyl (C=O) groups excluding carboxylic acids is 1. The molecule has 0 spiro atoms. The Morgan fingerprint density at radius 3 is 2.46 bits per heavy atom. The van der Waals surface area contributed by atoms with Crippen LogP contribution in [0, 0.1) is 0 Å². The molecule has 0 aliphatic carbocycles. The summed E-state index contributed by atoms with van der Waals surface area (Å²) in [5.41, 5.74) is 0.832. The van der Waals surface area contributed by atoms with Gasteiger partial charge in [-0.3, -0.25) is 4.68 Å². The highest BCUT2D eigenvalue weighted by Gasteiger charge is 2.31. The number of halogens is 4. The summed E-state index contributed by atoms with van der Waals surface area (Å²) in [6.45, 7) is 8.10. The van der Waals surface area contributed by atoms with E-state index in [0.29, 0.717) is 11.3 Å². The van der Waals surface area contributed by atoms with Crippen LogP contribution in [0.25, 0.3) is 6.08 Å². The van der Waals surface area contributed by atoms with Gasteiger partial charge in [-0.2, -0.15) is 18.3 Å². The van der Waals surface area contributed by atoms with Crippen molar-refractivity contribution in [2.45, 2.75) is 45.8 Å². The standard InChI is InChI=1S/C20H22ClF3N2O2/c1-5-28-18(27)9-8-15-11-17(19(2,3)4)25-26(15)12-13-6-7-14(10-16(13)21)20(22,23)24/h6-11H,5,12H2,1-4H3. The van der Waals surface area contributed by atoms with Gasteiger partial charge in [0.15, 0.2) is 0 Å². The minimum absolute atomic E-state index is 0.00274. The van der Waals surface area contributed by atoms with Crippen molar-refractivity contribution >= 4 is 23.6 Å². The molecule has 152 valence electrons. The van der Waals surface area contributed by atoms with Gasteiger partial charge in [0.25, 0.3) is 0 Å². The third-order valence-electron chi connectivity index (χ3n) is 3.96. The third kappa shape index (κ3) is 5.61. The molecule has 0 amide bonds. The quantitative estimate of drug-likeness (QED) is 0.481. The summed E-state index contributed by atoms with van der Waals surface area (Å²) in [6, 6.07) is 5.05. The summed E-state index contributed by atoms with van der Waals surface area (Å²) in [4.78, 5) is 11.6. The summed E-state index contributed by atoms with van der Waals surface area (Å²) < 4.78 is 45.0. The second-order valence-corrected chi connectivity index (χ2v) is 7.66. The molecule has 0 atom stereocenters. The Bertz CT molecular complexity index is 881. The SMILES string of the molecule is CCOC(=O)C=Cc1cc(C(C)(C)C)nn1Cc1ccc(C(F)(F)F)cc1Cl. The van der Waals surface area contributed by atoms with Crippen molar-refractivity contribution < 1.29 is 22.7 Å². The second-order valence-electron chi connectivity index (χ2n) is 7.25. The average Bonchev–Trinajstić information content (AvgIpc) is 2.97. The van der Waals surface area contributed by atoms with Gasteiger partial charge in [0.05, 0.1) is 30.1 Å². The van der Waals surface area contributed by atoms with E-state index in [1.165, 1.54) is 12.1 Å². The van der Waals surface area contributed by atoms with Crippen LogP contribution in [0.15, 0.2) is 30.3 Å². The lowest BCUT2D eigenvalue weighted by Gasteiger charge is -2.14. The van der Waals surface area contributed by atoms with Gasteiger partial charge in [0.1, 0.15) is 0 Å². The number of aromatic nitrogens is 2. The zero-order valence-corrected chi connectivity index (χ0v) is 16.9. The number of carbonyl (C=O) groups is 1. The topological polar surface area (TPSA) is 44.1 Å². The molecular weight excluding hydrogens is 393 g/mol. The van der Waals surface area contributed by atoms with Gasteiger partial charge in [-0.25, -0.2) is 4.79 Å². The molecule has 0 bridgehead atoms. The van der Waals surface area contributed by atoms with Crippen LogP contribution in [-0.2, 0) is 27.7 Å². The van der Waals surface area contributed by atoms with Crippen molar-refractivity contribution in [1.29, 1.82) is 0 Å². The first-order valence-corrected chi connectivity index (χ1v) is 9.08. The molecule has 0 unspecified atom stereocenters. The fourth-order valence-electron chi connectivity index (χ4n) is 2.42. The predicted molar refractivity (Wildman–Crippen MR) is 102 cm³/mol. The fraction of sp³-hybridized carbons (Fsp3) is 0.400. The lowest BCUT2D eigenvalue weighted by molar-refractivity contribution is -0.138. The largest absolute Gasteiger partial charge is 0.463 e. The van der Waals surface area contributed by atoms with Crippen LogP contribution in [0.4, 0.5) is 13.2 Å². The van der Waals surface area contributed by atoms with Crippen molar-refractivity contribution in [2.75, 3.05) is 6.61 Å². The normalized spacial score (nSPS) is 12.6. The van der Waals surface area contributed by atoms with E-state index in [4.69, 9.17) is 16.3 Å². The fourth-order valence-corrected chi connectivity index (χ4v) is 2.66. The maximum Gasteiger partial charge on any atom is 0.416 e. The summed E-state index contributed by atoms with van der Waals surface area (Å²) in [7, 11) is 0. The van der Waals surface area contributed by atoms with Gasteiger partial charge in [0.2, 0.25) is 0 Å². The number of esters is 1. The van der Waals surface area contributed by atoms with Gasteiger partial charge < -0.3 is 4.74 Å². The Morgan fingerprint density at radius 1 is 1.25 bits per heavy atom. The third-order valence-corrected chi connectivity index (χ3v) is 4.31. The van der Waals surface area contributed by atoms with E-state index in [0.717, 1.165) is 17.8 Å². The van der Waals surface area contributed by atoms with Gasteiger partial charge in [-0.05, 0) is 36.8 Å². The molecule has 0 aliphatic rings. The number of ether oxygens (including phenoxy) is 1. The first kappa shape index (κ1) is 22.0. The average molecular weight is 415 g/mol. The molecule has 4 nitrogen and oxygen atoms in total. The lowest BCUT2D eigenvalue weighted by Crippen LogP contribution is -2.13. The highest BCUT2D eigenvalue weighted by atomic mass is 35.5. The Morgan fingerprint density at radius 2 is 1.93 bits per heavy atom. The smallest absolute Gasteiger partial charge is 0.416 e. The Labute approximate surface area is 166 Å². The highest BCUT2D eigenvalue weighted by molar-refractivity contribution is 6.31. The predicted octanol–water partition coefficient (Wildman–Crippen LogP) is 5.48. The number of hydrogen-bond donors (Lipinski definition) is 0. The molecule has 0 fully saturated rings. The van der Waals surface area contributed by atoms with Crippen LogP contribution in [0.1, 0.15) is 50.2 Å². The van der Waals surface area contributed by atoms with Crippen LogP contribution >= 0.6 is 11.6 Å². The van der Waals surface area contributed by atoms with E-state index in [9.17, 15) is 18.0 Å². The number of alkyl halides is 3. The highest BCUT2D eigenvalue weighted by Crippen LogP contribution is 2.32. The Kier molecular flexibility index (Phi) is 6.59. The molecule has 2 rings (SSSR count). The maximum absolute atomic E-state index is 12.8. The van der Waals surface area contributed by atoms with Crippen molar-refractivity contribution in [1.82, 2.24) is 9.78 Å². The molecule has 0 radical (unpaired) electrons. The van der Waals surface area contributed by atoms with E-state index in [1.807, 2.05) is 26.8 Å². The summed E-state index contributed by atoms with van der Waals surface area (Å²) >= 11 is 6.07. The Hall–Kier alpha value is -2.28. The number of hydrogen-bond acceptors (Lipinski definition) is 3. The van der Waals surface area contributed by atoms with Gasteiger partial charge in [-0.15, -0.1) is 0 Å². The van der Waals surface area contributed by atoms with E-state index in [2.05, 4.69) is 5.10 Å². The number of nitrogens with zero attached hydrogens (tertiary/aromatic N) is 2. The van der Waals surface area contributed by atoms with E-state index < -0.39 is 17.7 Å². The van der Waals surface area contributed by atoms with Gasteiger partial charge >= 0.3 is 12.1 Å². The molecule has 0 N–H and O–H groups in total. The molecular formula is C20H22ClF3N2O2. The number of rotatable bonds is 5. The minimum Gasteiger partial charge on any atom is -0.463 e. The zero-order valence-electron chi connectivity index (χ0n) is 16.1. The molecule has 1 heterocycles. The summed E-state index contributed by atoms with van der Waals surface area (Å²) in [6.07, 6.45) is -1.60. The molecule has 28 heavy (non-hydrogen) atoms. The van der Waals surface area contributed by atoms with Crippen molar-refractivity contribution in [2.24, 2.45) is 0 Å². The number of benzene rings is 1. The van der Waals surface area contributed by atoms with Crippen molar-refractivity contribution in [3.05, 3.63) is 57.9 Å². The zero-order chi connectivity index (χ0) is 21.1. The van der Waals surface area contributed by atoms with Crippen LogP contribution < -0.4 is 0 Å². The lowest BCUT2D eigenvalue weighted by atomic mass is 9.92. The molecule has 1 aromatic heterocycles. The van der Waals surface area contributed by atoms with Crippen molar-refractivity contribution in [3.63, 3.8) is 0 Å². The summed E-state index contributed by atoms with van der Waals surface area (Å²) in [5.74, 6) is -0.486. The first-order valence-electron chi connectivity index (χ1n) is 8.70. The molecule has 1 aromatic carbocycles. The van der Waals surface area contributed by atoms with Crippen molar-refractivity contribution in [3.8, 4) is 0 Å². The maximum atomic E-state index is 12.8. The molecule has 2 aromatic rings. The molecule has 8 heteroatoms. The van der Waals surface area contributed by atoms with Gasteiger partial charge in [-0.1, -0.05) is 38.4 Å². The second kappa shape index (κ2) is 8.39. The van der Waals surface area contributed by atoms with Crippen LogP contribution in [0.3, 0.4) is 0 Å². The van der Waals surface area contributed by atoms with Gasteiger partial charge in [0, 0.05) is 16.5 Å². The molecule has 0 saturated carbocycles. The monoisotopic (exact) mass is 414 g/mol. The minimum atomic E-state index is -4.46. The van der Waals surface area contributed by atoms with Crippen LogP contribution in [-0.4, -0.2) is 22.4 Å². The Balaban J connectivity index is 2.38. The van der Waals surface area contributed by atoms with Crippen LogP contribution in [0.5, 0.6) is 0 Å². The van der Waals surface area contributed by atoms with Crippen LogP contribution in [0.2, 0.25) is 5.02 Å². The van der Waals surface area contributed by atoms with E-state index >= 15 is 0 Å². The first-order chi connectivity index (χ1) is 12.9. The summed E-state index contributed by atoms with van der Waals surface area (Å²) in [5, 5.41) is 4.55. The van der Waals surface area contributed by atoms with E-state index in [-0.39, 0.29) is 23.6 Å².